The molecule has 0 spiro atoms. The van der Waals surface area contributed by atoms with Crippen LogP contribution in [0, 0.1) is 5.92 Å². The summed E-state index contributed by atoms with van der Waals surface area (Å²) < 4.78 is 5.37. The van der Waals surface area contributed by atoms with Crippen LogP contribution in [0.1, 0.15) is 22.6 Å². The monoisotopic (exact) mass is 462 g/mol. The predicted molar refractivity (Wildman–Crippen MR) is 135 cm³/mol. The molecule has 0 unspecified atom stereocenters. The summed E-state index contributed by atoms with van der Waals surface area (Å²) >= 11 is 6.41. The molecule has 33 heavy (non-hydrogen) atoms. The van der Waals surface area contributed by atoms with Gasteiger partial charge in [-0.1, -0.05) is 54.1 Å². The van der Waals surface area contributed by atoms with Gasteiger partial charge in [0.05, 0.1) is 7.11 Å². The fraction of sp³-hybridized carbons (Fsp3) is 0.321. The molecule has 0 saturated heterocycles. The van der Waals surface area contributed by atoms with Crippen molar-refractivity contribution >= 4 is 23.2 Å². The second kappa shape index (κ2) is 10.4. The predicted octanol–water partition coefficient (Wildman–Crippen LogP) is 5.44. The zero-order valence-electron chi connectivity index (χ0n) is 19.5. The van der Waals surface area contributed by atoms with Crippen LogP contribution in [0.2, 0.25) is 5.02 Å². The highest BCUT2D eigenvalue weighted by Gasteiger charge is 2.37. The number of ether oxygens (including phenoxy) is 1. The number of fused-ring (bicyclic) bond motifs is 1. The quantitative estimate of drug-likeness (QED) is 0.468. The maximum atomic E-state index is 14.2. The summed E-state index contributed by atoms with van der Waals surface area (Å²) in [5.74, 6) is 0.830. The molecule has 5 heteroatoms. The molecule has 1 heterocycles. The van der Waals surface area contributed by atoms with E-state index in [9.17, 15) is 4.79 Å². The van der Waals surface area contributed by atoms with Crippen LogP contribution in [-0.2, 0) is 17.6 Å². The number of carbonyl (C=O) groups excluding carboxylic acids is 1. The molecule has 0 saturated carbocycles. The van der Waals surface area contributed by atoms with Crippen molar-refractivity contribution in [1.82, 2.24) is 4.90 Å². The highest BCUT2D eigenvalue weighted by Crippen LogP contribution is 2.40. The second-order valence-electron chi connectivity index (χ2n) is 8.95. The van der Waals surface area contributed by atoms with Crippen LogP contribution in [0.25, 0.3) is 0 Å². The number of hydrogen-bond acceptors (Lipinski definition) is 3. The third-order valence-electron chi connectivity index (χ3n) is 6.45. The van der Waals surface area contributed by atoms with E-state index >= 15 is 0 Å². The Kier molecular flexibility index (Phi) is 7.36. The average Bonchev–Trinajstić information content (AvgIpc) is 2.93. The third kappa shape index (κ3) is 5.40. The first kappa shape index (κ1) is 23.3. The lowest BCUT2D eigenvalue weighted by Gasteiger charge is -2.30. The fourth-order valence-corrected chi connectivity index (χ4v) is 4.88. The Morgan fingerprint density at radius 2 is 1.76 bits per heavy atom. The minimum absolute atomic E-state index is 0.0326. The van der Waals surface area contributed by atoms with E-state index in [1.165, 1.54) is 5.56 Å². The van der Waals surface area contributed by atoms with Crippen LogP contribution in [0.3, 0.4) is 0 Å². The maximum Gasteiger partial charge on any atom is 0.231 e. The van der Waals surface area contributed by atoms with Crippen LogP contribution in [0.5, 0.6) is 5.75 Å². The van der Waals surface area contributed by atoms with Crippen LogP contribution >= 0.6 is 11.6 Å². The van der Waals surface area contributed by atoms with E-state index in [2.05, 4.69) is 29.2 Å². The van der Waals surface area contributed by atoms with Gasteiger partial charge in [0.25, 0.3) is 0 Å². The van der Waals surface area contributed by atoms with E-state index in [1.807, 2.05) is 67.5 Å². The third-order valence-corrected chi connectivity index (χ3v) is 6.69. The minimum atomic E-state index is -0.186. The van der Waals surface area contributed by atoms with Crippen molar-refractivity contribution in [3.8, 4) is 5.75 Å². The molecule has 0 radical (unpaired) electrons. The Labute approximate surface area is 201 Å². The summed E-state index contributed by atoms with van der Waals surface area (Å²) in [6.07, 6.45) is 1.44. The molecule has 2 atom stereocenters. The average molecular weight is 463 g/mol. The molecule has 3 aromatic carbocycles. The molecule has 0 N–H and O–H groups in total. The van der Waals surface area contributed by atoms with Gasteiger partial charge in [-0.05, 0) is 79.9 Å². The normalized spacial score (nSPS) is 18.2. The molecule has 1 aliphatic rings. The molecule has 4 rings (SSSR count). The molecule has 0 aliphatic carbocycles. The Bertz CT molecular complexity index is 1080. The number of carbonyl (C=O) groups is 1. The number of anilines is 1. The lowest BCUT2D eigenvalue weighted by Crippen LogP contribution is -2.41. The molecule has 1 amide bonds. The number of nitrogens with zero attached hydrogens (tertiary/aromatic N) is 2. The van der Waals surface area contributed by atoms with E-state index < -0.39 is 0 Å². The van der Waals surface area contributed by atoms with Crippen molar-refractivity contribution in [3.05, 3.63) is 94.5 Å². The van der Waals surface area contributed by atoms with Gasteiger partial charge in [-0.2, -0.15) is 0 Å². The first-order chi connectivity index (χ1) is 16.0. The van der Waals surface area contributed by atoms with Gasteiger partial charge >= 0.3 is 0 Å². The summed E-state index contributed by atoms with van der Waals surface area (Å²) in [6.45, 7) is 1.43. The van der Waals surface area contributed by atoms with E-state index in [0.29, 0.717) is 18.0 Å². The van der Waals surface area contributed by atoms with Gasteiger partial charge in [0.1, 0.15) is 5.75 Å². The number of likely N-dealkylation sites (N-methyl/N-ethyl adjacent to an activating group) is 1. The first-order valence-electron chi connectivity index (χ1n) is 11.4. The molecule has 4 nitrogen and oxygen atoms in total. The Hall–Kier alpha value is -2.82. The van der Waals surface area contributed by atoms with Crippen molar-refractivity contribution < 1.29 is 9.53 Å². The SMILES string of the molecule is COc1ccc([C@H]2Cc3cc(Cl)ccc3N(CCN(C)C)C(=O)[C@H]2Cc2ccccc2)cc1. The topological polar surface area (TPSA) is 32.8 Å². The highest BCUT2D eigenvalue weighted by atomic mass is 35.5. The van der Waals surface area contributed by atoms with Gasteiger partial charge in [-0.3, -0.25) is 4.79 Å². The van der Waals surface area contributed by atoms with Crippen LogP contribution < -0.4 is 9.64 Å². The number of hydrogen-bond donors (Lipinski definition) is 0. The lowest BCUT2D eigenvalue weighted by molar-refractivity contribution is -0.123. The molecule has 0 fully saturated rings. The standard InChI is InChI=1S/C28H31ClN2O2/c1-30(2)15-16-31-27-14-11-23(29)18-22(27)19-25(21-9-12-24(33-3)13-10-21)26(28(31)32)17-20-7-5-4-6-8-20/h4-14,18,25-26H,15-17,19H2,1-3H3/t25-,26+/m1/s1. The molecule has 1 aliphatic heterocycles. The van der Waals surface area contributed by atoms with Crippen LogP contribution in [0.15, 0.2) is 72.8 Å². The van der Waals surface area contributed by atoms with Gasteiger partial charge in [0.15, 0.2) is 0 Å². The van der Waals surface area contributed by atoms with Crippen molar-refractivity contribution in [2.24, 2.45) is 5.92 Å². The van der Waals surface area contributed by atoms with E-state index in [0.717, 1.165) is 35.5 Å². The fourth-order valence-electron chi connectivity index (χ4n) is 4.68. The highest BCUT2D eigenvalue weighted by molar-refractivity contribution is 6.30. The summed E-state index contributed by atoms with van der Waals surface area (Å²) in [7, 11) is 5.74. The zero-order valence-corrected chi connectivity index (χ0v) is 20.3. The smallest absolute Gasteiger partial charge is 0.231 e. The maximum absolute atomic E-state index is 14.2. The number of amides is 1. The van der Waals surface area contributed by atoms with E-state index in [-0.39, 0.29) is 17.7 Å². The second-order valence-corrected chi connectivity index (χ2v) is 9.38. The van der Waals surface area contributed by atoms with Crippen molar-refractivity contribution in [2.75, 3.05) is 39.2 Å². The number of halogens is 1. The van der Waals surface area contributed by atoms with E-state index in [1.54, 1.807) is 7.11 Å². The van der Waals surface area contributed by atoms with Crippen molar-refractivity contribution in [2.45, 2.75) is 18.8 Å². The summed E-state index contributed by atoms with van der Waals surface area (Å²) in [5, 5.41) is 0.698. The largest absolute Gasteiger partial charge is 0.497 e. The van der Waals surface area contributed by atoms with Crippen molar-refractivity contribution in [3.63, 3.8) is 0 Å². The first-order valence-corrected chi connectivity index (χ1v) is 11.8. The van der Waals surface area contributed by atoms with Crippen LogP contribution in [-0.4, -0.2) is 45.1 Å². The van der Waals surface area contributed by atoms with Crippen LogP contribution in [0.4, 0.5) is 5.69 Å². The molecular formula is C28H31ClN2O2. The molecule has 0 aromatic heterocycles. The Morgan fingerprint density at radius 3 is 2.42 bits per heavy atom. The van der Waals surface area contributed by atoms with E-state index in [4.69, 9.17) is 16.3 Å². The molecular weight excluding hydrogens is 432 g/mol. The Balaban J connectivity index is 1.80. The van der Waals surface area contributed by atoms with Gasteiger partial charge in [-0.25, -0.2) is 0 Å². The molecule has 3 aromatic rings. The lowest BCUT2D eigenvalue weighted by atomic mass is 9.78. The zero-order chi connectivity index (χ0) is 23.4. The number of rotatable bonds is 7. The number of methoxy groups -OCH3 is 1. The van der Waals surface area contributed by atoms with Gasteiger partial charge in [0.2, 0.25) is 5.91 Å². The van der Waals surface area contributed by atoms with Crippen molar-refractivity contribution in [1.29, 1.82) is 0 Å². The summed E-state index contributed by atoms with van der Waals surface area (Å²) in [6, 6.07) is 24.4. The number of benzene rings is 3. The van der Waals surface area contributed by atoms with Gasteiger partial charge in [0, 0.05) is 29.7 Å². The van der Waals surface area contributed by atoms with Gasteiger partial charge in [-0.15, -0.1) is 0 Å². The molecule has 172 valence electrons. The summed E-state index contributed by atoms with van der Waals surface area (Å²) in [5.41, 5.74) is 4.41. The Morgan fingerprint density at radius 1 is 1.03 bits per heavy atom. The minimum Gasteiger partial charge on any atom is -0.497 e. The molecule has 0 bridgehead atoms. The van der Waals surface area contributed by atoms with Gasteiger partial charge < -0.3 is 14.5 Å². The summed E-state index contributed by atoms with van der Waals surface area (Å²) in [4.78, 5) is 18.3.